The van der Waals surface area contributed by atoms with Crippen LogP contribution in [0.3, 0.4) is 0 Å². The van der Waals surface area contributed by atoms with Crippen molar-refractivity contribution >= 4 is 45.7 Å². The lowest BCUT2D eigenvalue weighted by molar-refractivity contribution is -0.137. The minimum absolute atomic E-state index is 0.292. The molecule has 0 aliphatic rings. The van der Waals surface area contributed by atoms with Gasteiger partial charge in [0.1, 0.15) is 10.6 Å². The second-order valence-corrected chi connectivity index (χ2v) is 5.13. The van der Waals surface area contributed by atoms with Gasteiger partial charge in [-0.05, 0) is 35.2 Å². The van der Waals surface area contributed by atoms with Gasteiger partial charge in [0.15, 0.2) is 0 Å². The predicted octanol–water partition coefficient (Wildman–Crippen LogP) is 2.93. The number of halogens is 1. The maximum absolute atomic E-state index is 11.9. The standard InChI is InChI=1S/C13H14BrNO4S/c1-4-19-10(16)6-5-8-9(14)7-15-12(20-3)11(8)13(17)18-2/h5-7H,4H2,1-3H3/b6-5+. The zero-order valence-corrected chi connectivity index (χ0v) is 13.7. The molecule has 0 fully saturated rings. The van der Waals surface area contributed by atoms with Gasteiger partial charge in [0.05, 0.1) is 13.7 Å². The van der Waals surface area contributed by atoms with E-state index in [2.05, 4.69) is 20.9 Å². The zero-order chi connectivity index (χ0) is 15.1. The summed E-state index contributed by atoms with van der Waals surface area (Å²) in [6.07, 6.45) is 6.15. The summed E-state index contributed by atoms with van der Waals surface area (Å²) in [5.74, 6) is -0.982. The number of rotatable bonds is 5. The van der Waals surface area contributed by atoms with Gasteiger partial charge in [0, 0.05) is 22.3 Å². The molecule has 0 aliphatic heterocycles. The summed E-state index contributed by atoms with van der Waals surface area (Å²) in [6.45, 7) is 2.01. The highest BCUT2D eigenvalue weighted by Gasteiger charge is 2.19. The predicted molar refractivity (Wildman–Crippen MR) is 80.7 cm³/mol. The quantitative estimate of drug-likeness (QED) is 0.457. The summed E-state index contributed by atoms with van der Waals surface area (Å²) in [5, 5.41) is 0.531. The lowest BCUT2D eigenvalue weighted by Gasteiger charge is -2.10. The highest BCUT2D eigenvalue weighted by Crippen LogP contribution is 2.29. The van der Waals surface area contributed by atoms with Gasteiger partial charge >= 0.3 is 11.9 Å². The Hall–Kier alpha value is -1.34. The second kappa shape index (κ2) is 8.06. The molecule has 5 nitrogen and oxygen atoms in total. The van der Waals surface area contributed by atoms with Crippen LogP contribution in [0.5, 0.6) is 0 Å². The molecular weight excluding hydrogens is 346 g/mol. The number of hydrogen-bond donors (Lipinski definition) is 0. The van der Waals surface area contributed by atoms with E-state index in [0.717, 1.165) is 0 Å². The topological polar surface area (TPSA) is 65.5 Å². The molecule has 1 aromatic rings. The number of methoxy groups -OCH3 is 1. The fourth-order valence-electron chi connectivity index (χ4n) is 1.44. The molecule has 0 saturated heterocycles. The van der Waals surface area contributed by atoms with E-state index >= 15 is 0 Å². The van der Waals surface area contributed by atoms with E-state index in [0.29, 0.717) is 27.2 Å². The maximum atomic E-state index is 11.9. The number of pyridine rings is 1. The molecular formula is C13H14BrNO4S. The van der Waals surface area contributed by atoms with Gasteiger partial charge in [0.2, 0.25) is 0 Å². The van der Waals surface area contributed by atoms with Crippen LogP contribution in [-0.2, 0) is 14.3 Å². The third-order valence-electron chi connectivity index (χ3n) is 2.29. The lowest BCUT2D eigenvalue weighted by Crippen LogP contribution is -2.08. The van der Waals surface area contributed by atoms with Crippen molar-refractivity contribution in [3.05, 3.63) is 27.9 Å². The molecule has 20 heavy (non-hydrogen) atoms. The molecule has 0 unspecified atom stereocenters. The van der Waals surface area contributed by atoms with Gasteiger partial charge in [-0.1, -0.05) is 0 Å². The van der Waals surface area contributed by atoms with Crippen LogP contribution in [0, 0.1) is 0 Å². The minimum atomic E-state index is -0.508. The van der Waals surface area contributed by atoms with E-state index in [9.17, 15) is 9.59 Å². The molecule has 0 atom stereocenters. The van der Waals surface area contributed by atoms with Crippen molar-refractivity contribution in [1.29, 1.82) is 0 Å². The minimum Gasteiger partial charge on any atom is -0.465 e. The molecule has 0 bridgehead atoms. The van der Waals surface area contributed by atoms with Crippen LogP contribution < -0.4 is 0 Å². The number of esters is 2. The van der Waals surface area contributed by atoms with E-state index in [4.69, 9.17) is 9.47 Å². The lowest BCUT2D eigenvalue weighted by atomic mass is 10.1. The first-order valence-corrected chi connectivity index (χ1v) is 7.72. The van der Waals surface area contributed by atoms with Crippen molar-refractivity contribution in [2.45, 2.75) is 11.9 Å². The van der Waals surface area contributed by atoms with Crippen molar-refractivity contribution in [3.63, 3.8) is 0 Å². The molecule has 0 amide bonds. The Kier molecular flexibility index (Phi) is 6.74. The van der Waals surface area contributed by atoms with Gasteiger partial charge in [-0.15, -0.1) is 11.8 Å². The number of nitrogens with zero attached hydrogens (tertiary/aromatic N) is 1. The van der Waals surface area contributed by atoms with E-state index in [1.54, 1.807) is 13.1 Å². The van der Waals surface area contributed by atoms with Gasteiger partial charge < -0.3 is 9.47 Å². The average Bonchev–Trinajstić information content (AvgIpc) is 2.45. The van der Waals surface area contributed by atoms with Crippen LogP contribution in [-0.4, -0.2) is 36.9 Å². The number of aromatic nitrogens is 1. The van der Waals surface area contributed by atoms with Crippen molar-refractivity contribution < 1.29 is 19.1 Å². The third kappa shape index (κ3) is 4.08. The Morgan fingerprint density at radius 2 is 2.20 bits per heavy atom. The van der Waals surface area contributed by atoms with Crippen LogP contribution in [0.25, 0.3) is 6.08 Å². The smallest absolute Gasteiger partial charge is 0.341 e. The molecule has 1 heterocycles. The maximum Gasteiger partial charge on any atom is 0.341 e. The Morgan fingerprint density at radius 3 is 2.75 bits per heavy atom. The van der Waals surface area contributed by atoms with Crippen LogP contribution in [0.15, 0.2) is 21.8 Å². The molecule has 0 aromatic carbocycles. The summed E-state index contributed by atoms with van der Waals surface area (Å²) >= 11 is 4.64. The average molecular weight is 360 g/mol. The number of carbonyl (C=O) groups is 2. The summed E-state index contributed by atoms with van der Waals surface area (Å²) in [5.41, 5.74) is 0.846. The van der Waals surface area contributed by atoms with Gasteiger partial charge in [0.25, 0.3) is 0 Å². The Balaban J connectivity index is 3.29. The highest BCUT2D eigenvalue weighted by molar-refractivity contribution is 9.10. The summed E-state index contributed by atoms with van der Waals surface area (Å²) in [7, 11) is 1.30. The zero-order valence-electron chi connectivity index (χ0n) is 11.3. The largest absolute Gasteiger partial charge is 0.465 e. The molecule has 1 rings (SSSR count). The van der Waals surface area contributed by atoms with Gasteiger partial charge in [-0.2, -0.15) is 0 Å². The van der Waals surface area contributed by atoms with Crippen LogP contribution in [0.2, 0.25) is 0 Å². The SMILES string of the molecule is CCOC(=O)/C=C/c1c(Br)cnc(SC)c1C(=O)OC. The van der Waals surface area contributed by atoms with E-state index in [1.807, 2.05) is 6.26 Å². The molecule has 1 aromatic heterocycles. The Morgan fingerprint density at radius 1 is 1.50 bits per heavy atom. The summed E-state index contributed by atoms with van der Waals surface area (Å²) in [4.78, 5) is 27.4. The Bertz CT molecular complexity index is 545. The van der Waals surface area contributed by atoms with E-state index in [1.165, 1.54) is 31.0 Å². The monoisotopic (exact) mass is 359 g/mol. The van der Waals surface area contributed by atoms with Gasteiger partial charge in [-0.3, -0.25) is 0 Å². The van der Waals surface area contributed by atoms with E-state index in [-0.39, 0.29) is 0 Å². The molecule has 7 heteroatoms. The Labute approximate surface area is 129 Å². The van der Waals surface area contributed by atoms with Crippen molar-refractivity contribution in [1.82, 2.24) is 4.98 Å². The second-order valence-electron chi connectivity index (χ2n) is 3.48. The van der Waals surface area contributed by atoms with Gasteiger partial charge in [-0.25, -0.2) is 14.6 Å². The van der Waals surface area contributed by atoms with Crippen molar-refractivity contribution in [2.24, 2.45) is 0 Å². The third-order valence-corrected chi connectivity index (χ3v) is 3.62. The molecule has 108 valence electrons. The molecule has 0 aliphatic carbocycles. The first kappa shape index (κ1) is 16.7. The number of carbonyl (C=O) groups excluding carboxylic acids is 2. The molecule has 0 spiro atoms. The molecule has 0 radical (unpaired) electrons. The van der Waals surface area contributed by atoms with Crippen LogP contribution >= 0.6 is 27.7 Å². The molecule has 0 saturated carbocycles. The fourth-order valence-corrected chi connectivity index (χ4v) is 2.43. The number of ether oxygens (including phenoxy) is 2. The molecule has 0 N–H and O–H groups in total. The summed E-state index contributed by atoms with van der Waals surface area (Å²) in [6, 6.07) is 0. The first-order chi connectivity index (χ1) is 9.54. The first-order valence-electron chi connectivity index (χ1n) is 5.70. The fraction of sp³-hybridized carbons (Fsp3) is 0.308. The van der Waals surface area contributed by atoms with Crippen molar-refractivity contribution in [3.8, 4) is 0 Å². The normalized spacial score (nSPS) is 10.6. The number of hydrogen-bond acceptors (Lipinski definition) is 6. The van der Waals surface area contributed by atoms with Crippen LogP contribution in [0.1, 0.15) is 22.8 Å². The van der Waals surface area contributed by atoms with E-state index < -0.39 is 11.9 Å². The summed E-state index contributed by atoms with van der Waals surface area (Å²) < 4.78 is 10.2. The van der Waals surface area contributed by atoms with Crippen molar-refractivity contribution in [2.75, 3.05) is 20.0 Å². The van der Waals surface area contributed by atoms with Crippen LogP contribution in [0.4, 0.5) is 0 Å². The number of thioether (sulfide) groups is 1. The highest BCUT2D eigenvalue weighted by atomic mass is 79.9.